The van der Waals surface area contributed by atoms with Gasteiger partial charge in [0.1, 0.15) is 18.5 Å². The van der Waals surface area contributed by atoms with Crippen LogP contribution < -0.4 is 10.1 Å². The Hall–Kier alpha value is -0.710. The summed E-state index contributed by atoms with van der Waals surface area (Å²) in [4.78, 5) is 1.21. The summed E-state index contributed by atoms with van der Waals surface area (Å²) >= 11 is 1.70. The van der Waals surface area contributed by atoms with Crippen LogP contribution in [-0.4, -0.2) is 37.2 Å². The third kappa shape index (κ3) is 6.28. The van der Waals surface area contributed by atoms with Crippen LogP contribution in [0.5, 0.6) is 5.75 Å². The summed E-state index contributed by atoms with van der Waals surface area (Å²) in [5.41, 5.74) is 0. The zero-order chi connectivity index (χ0) is 13.4. The number of aliphatic hydroxyl groups excluding tert-OH is 1. The van der Waals surface area contributed by atoms with E-state index in [1.807, 2.05) is 30.5 Å². The van der Waals surface area contributed by atoms with Crippen LogP contribution in [-0.2, 0) is 0 Å². The molecule has 0 aliphatic carbocycles. The highest BCUT2D eigenvalue weighted by atomic mass is 32.2. The highest BCUT2D eigenvalue weighted by Gasteiger charge is 2.05. The minimum absolute atomic E-state index is 0.323. The monoisotopic (exact) mass is 269 g/mol. The van der Waals surface area contributed by atoms with Gasteiger partial charge in [0.15, 0.2) is 0 Å². The molecule has 0 heterocycles. The summed E-state index contributed by atoms with van der Waals surface area (Å²) in [5.74, 6) is 1.40. The maximum atomic E-state index is 9.73. The molecule has 0 spiro atoms. The van der Waals surface area contributed by atoms with E-state index in [1.165, 1.54) is 4.90 Å². The fourth-order valence-corrected chi connectivity index (χ4v) is 1.87. The normalized spacial score (nSPS) is 12.7. The van der Waals surface area contributed by atoms with E-state index < -0.39 is 6.10 Å². The van der Waals surface area contributed by atoms with Gasteiger partial charge in [-0.2, -0.15) is 0 Å². The molecule has 0 amide bonds. The molecule has 1 rings (SSSR count). The maximum Gasteiger partial charge on any atom is 0.119 e. The maximum absolute atomic E-state index is 9.73. The lowest BCUT2D eigenvalue weighted by Gasteiger charge is -2.14. The predicted molar refractivity (Wildman–Crippen MR) is 77.4 cm³/mol. The van der Waals surface area contributed by atoms with Gasteiger partial charge in [-0.05, 0) is 43.0 Å². The number of hydrogen-bond donors (Lipinski definition) is 2. The molecule has 0 aromatic heterocycles. The molecule has 1 unspecified atom stereocenters. The Labute approximate surface area is 114 Å². The lowest BCUT2D eigenvalue weighted by molar-refractivity contribution is 0.106. The molecule has 1 atom stereocenters. The molecule has 0 saturated carbocycles. The molecule has 2 N–H and O–H groups in total. The first-order valence-corrected chi connectivity index (χ1v) is 7.50. The number of benzene rings is 1. The van der Waals surface area contributed by atoms with Crippen LogP contribution in [0.25, 0.3) is 0 Å². The predicted octanol–water partition coefficient (Wildman–Crippen LogP) is 2.39. The lowest BCUT2D eigenvalue weighted by Crippen LogP contribution is -2.33. The van der Waals surface area contributed by atoms with E-state index in [-0.39, 0.29) is 0 Å². The molecule has 0 fully saturated rings. The topological polar surface area (TPSA) is 41.5 Å². The van der Waals surface area contributed by atoms with Gasteiger partial charge in [0.05, 0.1) is 0 Å². The van der Waals surface area contributed by atoms with Crippen molar-refractivity contribution in [2.75, 3.05) is 26.0 Å². The van der Waals surface area contributed by atoms with Crippen LogP contribution in [0, 0.1) is 5.92 Å². The van der Waals surface area contributed by atoms with E-state index in [0.29, 0.717) is 19.1 Å². The summed E-state index contributed by atoms with van der Waals surface area (Å²) in [6.07, 6.45) is 1.57. The van der Waals surface area contributed by atoms with Gasteiger partial charge in [-0.15, -0.1) is 11.8 Å². The molecule has 0 radical (unpaired) electrons. The second-order valence-corrected chi connectivity index (χ2v) is 5.57. The van der Waals surface area contributed by atoms with Gasteiger partial charge in [0.25, 0.3) is 0 Å². The summed E-state index contributed by atoms with van der Waals surface area (Å²) in [7, 11) is 0. The molecular weight excluding hydrogens is 246 g/mol. The quantitative estimate of drug-likeness (QED) is 0.711. The van der Waals surface area contributed by atoms with E-state index in [0.717, 1.165) is 12.3 Å². The number of rotatable bonds is 8. The molecule has 1 aromatic carbocycles. The van der Waals surface area contributed by atoms with Crippen LogP contribution >= 0.6 is 11.8 Å². The van der Waals surface area contributed by atoms with Crippen molar-refractivity contribution in [3.63, 3.8) is 0 Å². The van der Waals surface area contributed by atoms with Crippen molar-refractivity contribution in [3.05, 3.63) is 24.3 Å². The smallest absolute Gasteiger partial charge is 0.119 e. The van der Waals surface area contributed by atoms with Crippen molar-refractivity contribution in [2.24, 2.45) is 5.92 Å². The molecule has 4 heteroatoms. The van der Waals surface area contributed by atoms with E-state index in [9.17, 15) is 5.11 Å². The van der Waals surface area contributed by atoms with Crippen LogP contribution in [0.1, 0.15) is 13.8 Å². The van der Waals surface area contributed by atoms with Gasteiger partial charge in [-0.3, -0.25) is 0 Å². The van der Waals surface area contributed by atoms with Crippen molar-refractivity contribution in [3.8, 4) is 5.75 Å². The van der Waals surface area contributed by atoms with E-state index in [2.05, 4.69) is 19.2 Å². The number of aliphatic hydroxyl groups is 1. The van der Waals surface area contributed by atoms with Crippen molar-refractivity contribution in [1.29, 1.82) is 0 Å². The average Bonchev–Trinajstić information content (AvgIpc) is 2.36. The Kier molecular flexibility index (Phi) is 7.16. The van der Waals surface area contributed by atoms with E-state index in [4.69, 9.17) is 4.74 Å². The number of hydrogen-bond acceptors (Lipinski definition) is 4. The zero-order valence-electron chi connectivity index (χ0n) is 11.3. The first-order valence-electron chi connectivity index (χ1n) is 6.27. The number of thioether (sulfide) groups is 1. The van der Waals surface area contributed by atoms with Gasteiger partial charge in [0.2, 0.25) is 0 Å². The summed E-state index contributed by atoms with van der Waals surface area (Å²) < 4.78 is 5.53. The summed E-state index contributed by atoms with van der Waals surface area (Å²) in [6, 6.07) is 7.90. The molecular formula is C14H23NO2S. The Balaban J connectivity index is 2.22. The van der Waals surface area contributed by atoms with E-state index in [1.54, 1.807) is 11.8 Å². The van der Waals surface area contributed by atoms with Gasteiger partial charge >= 0.3 is 0 Å². The highest BCUT2D eigenvalue weighted by molar-refractivity contribution is 7.98. The fraction of sp³-hybridized carbons (Fsp3) is 0.571. The minimum Gasteiger partial charge on any atom is -0.491 e. The second-order valence-electron chi connectivity index (χ2n) is 4.69. The van der Waals surface area contributed by atoms with E-state index >= 15 is 0 Å². The van der Waals surface area contributed by atoms with Gasteiger partial charge < -0.3 is 15.2 Å². The number of nitrogens with one attached hydrogen (secondary N) is 1. The third-order valence-corrected chi connectivity index (χ3v) is 3.18. The van der Waals surface area contributed by atoms with Crippen molar-refractivity contribution >= 4 is 11.8 Å². The van der Waals surface area contributed by atoms with Crippen LogP contribution in [0.4, 0.5) is 0 Å². The van der Waals surface area contributed by atoms with Crippen molar-refractivity contribution < 1.29 is 9.84 Å². The fourth-order valence-electron chi connectivity index (χ4n) is 1.46. The molecule has 0 saturated heterocycles. The molecule has 3 nitrogen and oxygen atoms in total. The zero-order valence-corrected chi connectivity index (χ0v) is 12.2. The Morgan fingerprint density at radius 2 is 1.89 bits per heavy atom. The number of ether oxygens (including phenoxy) is 1. The summed E-state index contributed by atoms with van der Waals surface area (Å²) in [5, 5.41) is 12.9. The Morgan fingerprint density at radius 1 is 1.22 bits per heavy atom. The van der Waals surface area contributed by atoms with Crippen molar-refractivity contribution in [2.45, 2.75) is 24.8 Å². The van der Waals surface area contributed by atoms with Crippen molar-refractivity contribution in [1.82, 2.24) is 5.32 Å². The van der Waals surface area contributed by atoms with Gasteiger partial charge in [-0.25, -0.2) is 0 Å². The summed E-state index contributed by atoms with van der Waals surface area (Å²) in [6.45, 7) is 6.09. The largest absolute Gasteiger partial charge is 0.491 e. The minimum atomic E-state index is -0.469. The average molecular weight is 269 g/mol. The van der Waals surface area contributed by atoms with Crippen LogP contribution in [0.15, 0.2) is 29.2 Å². The molecule has 0 bridgehead atoms. The Morgan fingerprint density at radius 3 is 2.44 bits per heavy atom. The molecule has 1 aromatic rings. The molecule has 18 heavy (non-hydrogen) atoms. The third-order valence-electron chi connectivity index (χ3n) is 2.43. The first kappa shape index (κ1) is 15.3. The second kappa shape index (κ2) is 8.40. The standard InChI is InChI=1S/C14H23NO2S/c1-11(2)8-15-9-12(16)10-17-13-4-6-14(18-3)7-5-13/h4-7,11-12,15-16H,8-10H2,1-3H3. The van der Waals surface area contributed by atoms with Gasteiger partial charge in [-0.1, -0.05) is 13.8 Å². The molecule has 0 aliphatic rings. The first-order chi connectivity index (χ1) is 8.61. The molecule has 0 aliphatic heterocycles. The van der Waals surface area contributed by atoms with Gasteiger partial charge in [0, 0.05) is 11.4 Å². The SMILES string of the molecule is CSc1ccc(OCC(O)CNCC(C)C)cc1. The van der Waals surface area contributed by atoms with Crippen LogP contribution in [0.3, 0.4) is 0 Å². The highest BCUT2D eigenvalue weighted by Crippen LogP contribution is 2.18. The molecule has 102 valence electrons. The lowest BCUT2D eigenvalue weighted by atomic mass is 10.2. The van der Waals surface area contributed by atoms with Crippen LogP contribution in [0.2, 0.25) is 0 Å². The Bertz CT molecular complexity index is 327.